The predicted octanol–water partition coefficient (Wildman–Crippen LogP) is 5.19. The molecule has 0 aliphatic heterocycles. The Kier molecular flexibility index (Phi) is 3.23. The van der Waals surface area contributed by atoms with Crippen LogP contribution < -0.4 is 0 Å². The van der Waals surface area contributed by atoms with E-state index in [1.807, 2.05) is 0 Å². The van der Waals surface area contributed by atoms with Gasteiger partial charge in [0.25, 0.3) is 0 Å². The summed E-state index contributed by atoms with van der Waals surface area (Å²) < 4.78 is 0. The summed E-state index contributed by atoms with van der Waals surface area (Å²) >= 11 is 0. The quantitative estimate of drug-likeness (QED) is 0.667. The Bertz CT molecular complexity index is 481. The predicted molar refractivity (Wildman–Crippen MR) is 79.8 cm³/mol. The van der Waals surface area contributed by atoms with Gasteiger partial charge in [-0.1, -0.05) is 75.8 Å². The molecule has 0 heteroatoms. The zero-order valence-electron chi connectivity index (χ0n) is 12.2. The van der Waals surface area contributed by atoms with Gasteiger partial charge in [0.15, 0.2) is 0 Å². The van der Waals surface area contributed by atoms with Crippen molar-refractivity contribution in [1.82, 2.24) is 0 Å². The van der Waals surface area contributed by atoms with E-state index < -0.39 is 0 Å². The van der Waals surface area contributed by atoms with Crippen LogP contribution in [0, 0.1) is 12.3 Å². The minimum Gasteiger partial charge on any atom is -0.0796 e. The van der Waals surface area contributed by atoms with Gasteiger partial charge >= 0.3 is 0 Å². The SMILES string of the molecule is Cc1ccc(C(C)(C)C2=CCC(C)(C)C=C2)cc1. The largest absolute Gasteiger partial charge is 0.0796 e. The van der Waals surface area contributed by atoms with Gasteiger partial charge in [-0.15, -0.1) is 0 Å². The van der Waals surface area contributed by atoms with Crippen molar-refractivity contribution in [2.24, 2.45) is 5.41 Å². The lowest BCUT2D eigenvalue weighted by Gasteiger charge is -2.32. The second kappa shape index (κ2) is 4.42. The minimum absolute atomic E-state index is 0.0979. The van der Waals surface area contributed by atoms with Crippen LogP contribution in [0.2, 0.25) is 0 Å². The van der Waals surface area contributed by atoms with E-state index in [4.69, 9.17) is 0 Å². The maximum absolute atomic E-state index is 2.40. The topological polar surface area (TPSA) is 0 Å². The second-order valence-corrected chi connectivity index (χ2v) is 6.68. The van der Waals surface area contributed by atoms with Crippen LogP contribution in [-0.2, 0) is 5.41 Å². The van der Waals surface area contributed by atoms with E-state index in [0.29, 0.717) is 5.41 Å². The highest BCUT2D eigenvalue weighted by Gasteiger charge is 2.27. The third-order valence-corrected chi connectivity index (χ3v) is 4.06. The standard InChI is InChI=1S/C18H24/c1-14-6-8-15(9-7-14)18(4,5)16-10-12-17(2,3)13-11-16/h6-12H,13H2,1-5H3. The lowest BCUT2D eigenvalue weighted by atomic mass is 9.72. The number of rotatable bonds is 2. The van der Waals surface area contributed by atoms with Gasteiger partial charge in [-0.3, -0.25) is 0 Å². The summed E-state index contributed by atoms with van der Waals surface area (Å²) in [6, 6.07) is 8.91. The fourth-order valence-corrected chi connectivity index (χ4v) is 2.42. The highest BCUT2D eigenvalue weighted by Crippen LogP contribution is 2.38. The third kappa shape index (κ3) is 2.58. The first-order valence-electron chi connectivity index (χ1n) is 6.78. The van der Waals surface area contributed by atoms with Crippen molar-refractivity contribution in [1.29, 1.82) is 0 Å². The maximum Gasteiger partial charge on any atom is 0.0143 e. The van der Waals surface area contributed by atoms with Gasteiger partial charge in [-0.25, -0.2) is 0 Å². The maximum atomic E-state index is 2.40. The Morgan fingerprint density at radius 3 is 2.17 bits per heavy atom. The summed E-state index contributed by atoms with van der Waals surface area (Å²) in [5, 5.41) is 0. The molecular formula is C18H24. The molecular weight excluding hydrogens is 216 g/mol. The molecule has 0 saturated carbocycles. The van der Waals surface area contributed by atoms with E-state index in [-0.39, 0.29) is 5.41 Å². The average molecular weight is 240 g/mol. The van der Waals surface area contributed by atoms with E-state index >= 15 is 0 Å². The molecule has 2 rings (SSSR count). The van der Waals surface area contributed by atoms with Crippen molar-refractivity contribution in [3.63, 3.8) is 0 Å². The first-order chi connectivity index (χ1) is 8.31. The summed E-state index contributed by atoms with van der Waals surface area (Å²) in [6.07, 6.45) is 8.19. The first-order valence-corrected chi connectivity index (χ1v) is 6.78. The highest BCUT2D eigenvalue weighted by molar-refractivity contribution is 5.42. The molecule has 96 valence electrons. The molecule has 0 unspecified atom stereocenters. The van der Waals surface area contributed by atoms with Crippen LogP contribution in [0.25, 0.3) is 0 Å². The molecule has 0 atom stereocenters. The summed E-state index contributed by atoms with van der Waals surface area (Å²) in [5.74, 6) is 0. The molecule has 0 aromatic heterocycles. The molecule has 0 fully saturated rings. The van der Waals surface area contributed by atoms with Crippen molar-refractivity contribution in [2.75, 3.05) is 0 Å². The van der Waals surface area contributed by atoms with Crippen molar-refractivity contribution in [3.05, 3.63) is 59.2 Å². The summed E-state index contributed by atoms with van der Waals surface area (Å²) in [7, 11) is 0. The lowest BCUT2D eigenvalue weighted by molar-refractivity contribution is 0.473. The number of aryl methyl sites for hydroxylation is 1. The van der Waals surface area contributed by atoms with Crippen molar-refractivity contribution >= 4 is 0 Å². The normalized spacial score (nSPS) is 18.6. The van der Waals surface area contributed by atoms with Crippen LogP contribution in [0.15, 0.2) is 48.1 Å². The van der Waals surface area contributed by atoms with E-state index in [0.717, 1.165) is 6.42 Å². The molecule has 0 radical (unpaired) electrons. The van der Waals surface area contributed by atoms with Gasteiger partial charge in [0.1, 0.15) is 0 Å². The molecule has 1 aliphatic rings. The number of hydrogen-bond donors (Lipinski definition) is 0. The molecule has 0 amide bonds. The lowest BCUT2D eigenvalue weighted by Crippen LogP contribution is -2.22. The Balaban J connectivity index is 2.30. The molecule has 0 spiro atoms. The Hall–Kier alpha value is -1.30. The van der Waals surface area contributed by atoms with Gasteiger partial charge in [-0.2, -0.15) is 0 Å². The number of benzene rings is 1. The van der Waals surface area contributed by atoms with E-state index in [9.17, 15) is 0 Å². The van der Waals surface area contributed by atoms with E-state index in [2.05, 4.69) is 77.1 Å². The zero-order chi connectivity index (χ0) is 13.4. The fraction of sp³-hybridized carbons (Fsp3) is 0.444. The zero-order valence-corrected chi connectivity index (χ0v) is 12.2. The van der Waals surface area contributed by atoms with Crippen LogP contribution in [0.1, 0.15) is 45.2 Å². The molecule has 0 nitrogen and oxygen atoms in total. The third-order valence-electron chi connectivity index (χ3n) is 4.06. The molecule has 1 aliphatic carbocycles. The van der Waals surface area contributed by atoms with Crippen molar-refractivity contribution in [3.8, 4) is 0 Å². The molecule has 18 heavy (non-hydrogen) atoms. The molecule has 1 aromatic carbocycles. The van der Waals surface area contributed by atoms with E-state index in [1.165, 1.54) is 16.7 Å². The van der Waals surface area contributed by atoms with Gasteiger partial charge in [-0.05, 0) is 29.9 Å². The number of allylic oxidation sites excluding steroid dienone is 4. The van der Waals surface area contributed by atoms with Crippen molar-refractivity contribution in [2.45, 2.75) is 46.5 Å². The summed E-state index contributed by atoms with van der Waals surface area (Å²) in [5.41, 5.74) is 4.56. The summed E-state index contributed by atoms with van der Waals surface area (Å²) in [6.45, 7) is 11.3. The van der Waals surface area contributed by atoms with Crippen LogP contribution in [0.4, 0.5) is 0 Å². The van der Waals surface area contributed by atoms with Crippen LogP contribution in [0.3, 0.4) is 0 Å². The monoisotopic (exact) mass is 240 g/mol. The minimum atomic E-state index is 0.0979. The fourth-order valence-electron chi connectivity index (χ4n) is 2.42. The molecule has 0 heterocycles. The smallest absolute Gasteiger partial charge is 0.0143 e. The van der Waals surface area contributed by atoms with Gasteiger partial charge in [0, 0.05) is 5.41 Å². The molecule has 1 aromatic rings. The molecule has 0 saturated heterocycles. The van der Waals surface area contributed by atoms with Crippen LogP contribution in [-0.4, -0.2) is 0 Å². The molecule has 0 bridgehead atoms. The van der Waals surface area contributed by atoms with Gasteiger partial charge in [0.2, 0.25) is 0 Å². The Morgan fingerprint density at radius 1 is 1.06 bits per heavy atom. The van der Waals surface area contributed by atoms with Gasteiger partial charge < -0.3 is 0 Å². The molecule has 0 N–H and O–H groups in total. The Labute approximate surface area is 111 Å². The first kappa shape index (κ1) is 13.1. The second-order valence-electron chi connectivity index (χ2n) is 6.68. The number of hydrogen-bond acceptors (Lipinski definition) is 0. The average Bonchev–Trinajstić information content (AvgIpc) is 2.29. The van der Waals surface area contributed by atoms with Gasteiger partial charge in [0.05, 0.1) is 0 Å². The van der Waals surface area contributed by atoms with Crippen molar-refractivity contribution < 1.29 is 0 Å². The van der Waals surface area contributed by atoms with Crippen LogP contribution >= 0.6 is 0 Å². The Morgan fingerprint density at radius 2 is 1.67 bits per heavy atom. The highest BCUT2D eigenvalue weighted by atomic mass is 14.3. The van der Waals surface area contributed by atoms with Crippen LogP contribution in [0.5, 0.6) is 0 Å². The summed E-state index contributed by atoms with van der Waals surface area (Å²) in [4.78, 5) is 0. The van der Waals surface area contributed by atoms with E-state index in [1.54, 1.807) is 0 Å².